The third kappa shape index (κ3) is 5.58. The van der Waals surface area contributed by atoms with Crippen LogP contribution in [0.5, 0.6) is 0 Å². The minimum absolute atomic E-state index is 0.138. The van der Waals surface area contributed by atoms with Crippen molar-refractivity contribution in [3.63, 3.8) is 0 Å². The predicted molar refractivity (Wildman–Crippen MR) is 149 cm³/mol. The van der Waals surface area contributed by atoms with Gasteiger partial charge in [0.2, 0.25) is 0 Å². The van der Waals surface area contributed by atoms with Crippen LogP contribution in [0.1, 0.15) is 37.4 Å². The Bertz CT molecular complexity index is 1090. The maximum absolute atomic E-state index is 14.1. The molecule has 2 aromatic rings. The smallest absolute Gasteiger partial charge is 0.255 e. The van der Waals surface area contributed by atoms with E-state index in [4.69, 9.17) is 0 Å². The van der Waals surface area contributed by atoms with Gasteiger partial charge in [-0.2, -0.15) is 0 Å². The zero-order valence-electron chi connectivity index (χ0n) is 21.9. The number of rotatable bonds is 9. The Balaban J connectivity index is 1.76. The fourth-order valence-corrected chi connectivity index (χ4v) is 8.26. The number of benzene rings is 2. The number of amides is 1. The zero-order chi connectivity index (χ0) is 26.0. The second-order valence-corrected chi connectivity index (χ2v) is 18.0. The molecule has 1 N–H and O–H groups in total. The largest absolute Gasteiger partial charge is 0.391 e. The molecule has 36 heavy (non-hydrogen) atoms. The van der Waals surface area contributed by atoms with Crippen molar-refractivity contribution in [2.75, 3.05) is 6.17 Å². The van der Waals surface area contributed by atoms with Crippen molar-refractivity contribution in [3.05, 3.63) is 83.9 Å². The van der Waals surface area contributed by atoms with Crippen LogP contribution in [0.4, 0.5) is 0 Å². The SMILES string of the molecule is CC[C@H](O)[C@@H]1C=C[C@H]2[C@H](C(=O)N([C@H](C)c3ccccc3)S2=O)N1N(Cc1ccccc1)C[Si](C)(C)C. The summed E-state index contributed by atoms with van der Waals surface area (Å²) < 4.78 is 15.3. The van der Waals surface area contributed by atoms with Gasteiger partial charge in [0.1, 0.15) is 17.0 Å². The van der Waals surface area contributed by atoms with Crippen molar-refractivity contribution in [2.45, 2.75) is 75.9 Å². The van der Waals surface area contributed by atoms with Crippen molar-refractivity contribution in [3.8, 4) is 0 Å². The standard InChI is InChI=1S/C28H39N3O3SSi/c1-6-25(32)24-17-18-26-27(28(33)31(35(26)34)21(2)23-15-11-8-12-16-23)30(24)29(20-36(3,4)5)19-22-13-9-7-10-14-22/h7-18,21,24-27,32H,6,19-20H2,1-5H3/t21-,24+,25+,26+,27-,35?/m1/s1. The van der Waals surface area contributed by atoms with Crippen LogP contribution < -0.4 is 0 Å². The van der Waals surface area contributed by atoms with E-state index in [1.54, 1.807) is 4.31 Å². The van der Waals surface area contributed by atoms with Crippen LogP contribution in [-0.2, 0) is 22.3 Å². The lowest BCUT2D eigenvalue weighted by Gasteiger charge is -2.48. The second-order valence-electron chi connectivity index (χ2n) is 11.0. The lowest BCUT2D eigenvalue weighted by atomic mass is 9.97. The topological polar surface area (TPSA) is 64.1 Å². The summed E-state index contributed by atoms with van der Waals surface area (Å²) >= 11 is 0. The van der Waals surface area contributed by atoms with Crippen LogP contribution in [0.3, 0.4) is 0 Å². The summed E-state index contributed by atoms with van der Waals surface area (Å²) in [5.74, 6) is -0.138. The molecule has 2 aromatic carbocycles. The third-order valence-electron chi connectivity index (χ3n) is 6.93. The lowest BCUT2D eigenvalue weighted by molar-refractivity contribution is -0.150. The molecule has 6 atom stereocenters. The van der Waals surface area contributed by atoms with Gasteiger partial charge in [-0.1, -0.05) is 99.4 Å². The molecule has 0 spiro atoms. The normalized spacial score (nSPS) is 26.3. The van der Waals surface area contributed by atoms with Gasteiger partial charge in [-0.25, -0.2) is 14.2 Å². The molecule has 1 saturated heterocycles. The van der Waals surface area contributed by atoms with Crippen LogP contribution in [0.25, 0.3) is 0 Å². The van der Waals surface area contributed by atoms with Crippen LogP contribution in [-0.4, -0.2) is 67.2 Å². The first-order chi connectivity index (χ1) is 17.1. The number of aliphatic hydroxyl groups is 1. The van der Waals surface area contributed by atoms with Crippen LogP contribution in [0, 0.1) is 0 Å². The van der Waals surface area contributed by atoms with Gasteiger partial charge in [0.25, 0.3) is 5.91 Å². The molecule has 2 aliphatic rings. The highest BCUT2D eigenvalue weighted by Gasteiger charge is 2.55. The summed E-state index contributed by atoms with van der Waals surface area (Å²) in [6.07, 6.45) is 4.63. The number of hydrogen-bond donors (Lipinski definition) is 1. The summed E-state index contributed by atoms with van der Waals surface area (Å²) in [5.41, 5.74) is 2.11. The van der Waals surface area contributed by atoms with Gasteiger partial charge in [0.05, 0.1) is 31.5 Å². The van der Waals surface area contributed by atoms with Crippen molar-refractivity contribution in [2.24, 2.45) is 0 Å². The van der Waals surface area contributed by atoms with E-state index in [0.29, 0.717) is 13.0 Å². The molecule has 0 aromatic heterocycles. The van der Waals surface area contributed by atoms with Crippen molar-refractivity contribution in [1.82, 2.24) is 14.3 Å². The maximum Gasteiger partial charge on any atom is 0.255 e. The number of hydrazine groups is 1. The average Bonchev–Trinajstić information content (AvgIpc) is 3.12. The van der Waals surface area contributed by atoms with E-state index in [2.05, 4.69) is 41.8 Å². The quantitative estimate of drug-likeness (QED) is 0.391. The molecule has 0 saturated carbocycles. The molecule has 0 aliphatic carbocycles. The zero-order valence-corrected chi connectivity index (χ0v) is 23.8. The number of carbonyl (C=O) groups is 1. The van der Waals surface area contributed by atoms with Crippen LogP contribution in [0.2, 0.25) is 19.6 Å². The van der Waals surface area contributed by atoms with E-state index < -0.39 is 36.5 Å². The molecular formula is C28H39N3O3SSi. The first kappa shape index (κ1) is 26.9. The van der Waals surface area contributed by atoms with Gasteiger partial charge in [-0.3, -0.25) is 9.10 Å². The van der Waals surface area contributed by atoms with E-state index in [9.17, 15) is 14.1 Å². The van der Waals surface area contributed by atoms with Crippen molar-refractivity contribution >= 4 is 25.0 Å². The summed E-state index contributed by atoms with van der Waals surface area (Å²) in [7, 11) is -3.15. The number of fused-ring (bicyclic) bond motifs is 1. The van der Waals surface area contributed by atoms with Gasteiger partial charge >= 0.3 is 0 Å². The maximum atomic E-state index is 14.1. The molecule has 1 unspecified atom stereocenters. The van der Waals surface area contributed by atoms with E-state index in [0.717, 1.165) is 17.3 Å². The van der Waals surface area contributed by atoms with E-state index in [1.165, 1.54) is 0 Å². The summed E-state index contributed by atoms with van der Waals surface area (Å²) in [4.78, 5) is 14.1. The van der Waals surface area contributed by atoms with Crippen molar-refractivity contribution in [1.29, 1.82) is 0 Å². The summed E-state index contributed by atoms with van der Waals surface area (Å²) in [6, 6.07) is 18.7. The molecule has 0 bridgehead atoms. The molecule has 1 fully saturated rings. The second kappa shape index (κ2) is 11.1. The van der Waals surface area contributed by atoms with E-state index >= 15 is 0 Å². The number of nitrogens with zero attached hydrogens (tertiary/aromatic N) is 3. The molecule has 6 nitrogen and oxygen atoms in total. The summed E-state index contributed by atoms with van der Waals surface area (Å²) in [6.45, 7) is 11.5. The lowest BCUT2D eigenvalue weighted by Crippen LogP contribution is -2.64. The third-order valence-corrected chi connectivity index (χ3v) is 10.0. The molecule has 4 rings (SSSR count). The fraction of sp³-hybridized carbons (Fsp3) is 0.464. The highest BCUT2D eigenvalue weighted by Crippen LogP contribution is 2.38. The monoisotopic (exact) mass is 525 g/mol. The minimum Gasteiger partial charge on any atom is -0.391 e. The van der Waals surface area contributed by atoms with Gasteiger partial charge in [0.15, 0.2) is 0 Å². The van der Waals surface area contributed by atoms with Gasteiger partial charge in [-0.05, 0) is 24.5 Å². The number of hydrogen-bond acceptors (Lipinski definition) is 5. The Hall–Kier alpha value is -2.10. The highest BCUT2D eigenvalue weighted by atomic mass is 32.2. The Kier molecular flexibility index (Phi) is 8.31. The Labute approximate surface area is 219 Å². The van der Waals surface area contributed by atoms with Gasteiger partial charge in [0, 0.05) is 12.7 Å². The van der Waals surface area contributed by atoms with E-state index in [1.807, 2.05) is 74.5 Å². The van der Waals surface area contributed by atoms with Crippen LogP contribution >= 0.6 is 0 Å². The molecule has 194 valence electrons. The van der Waals surface area contributed by atoms with Crippen molar-refractivity contribution < 1.29 is 14.1 Å². The molecule has 0 radical (unpaired) electrons. The van der Waals surface area contributed by atoms with Crippen LogP contribution in [0.15, 0.2) is 72.8 Å². The number of carbonyl (C=O) groups excluding carboxylic acids is 1. The first-order valence-electron chi connectivity index (χ1n) is 12.8. The Morgan fingerprint density at radius 2 is 1.64 bits per heavy atom. The highest BCUT2D eigenvalue weighted by molar-refractivity contribution is 7.84. The Morgan fingerprint density at radius 1 is 1.03 bits per heavy atom. The molecule has 2 aliphatic heterocycles. The van der Waals surface area contributed by atoms with Gasteiger partial charge < -0.3 is 5.11 Å². The molecular weight excluding hydrogens is 486 g/mol. The fourth-order valence-electron chi connectivity index (χ4n) is 5.22. The average molecular weight is 526 g/mol. The Morgan fingerprint density at radius 3 is 2.22 bits per heavy atom. The molecule has 8 heteroatoms. The van der Waals surface area contributed by atoms with E-state index in [-0.39, 0.29) is 18.0 Å². The number of aliphatic hydroxyl groups excluding tert-OH is 1. The molecule has 1 amide bonds. The summed E-state index contributed by atoms with van der Waals surface area (Å²) in [5, 5.41) is 15.0. The predicted octanol–water partition coefficient (Wildman–Crippen LogP) is 4.30. The van der Waals surface area contributed by atoms with Gasteiger partial charge in [-0.15, -0.1) is 0 Å². The minimum atomic E-state index is -1.63. The molecule has 2 heterocycles. The first-order valence-corrected chi connectivity index (χ1v) is 17.7.